The number of likely N-dealkylation sites (N-methyl/N-ethyl adjacent to an activating group) is 1. The van der Waals surface area contributed by atoms with Gasteiger partial charge in [0.15, 0.2) is 0 Å². The molecule has 0 aliphatic carbocycles. The summed E-state index contributed by atoms with van der Waals surface area (Å²) in [7, 11) is 2.10. The molecular weight excluding hydrogens is 150 g/mol. The molecule has 1 unspecified atom stereocenters. The highest BCUT2D eigenvalue weighted by atomic mass is 16.3. The first-order chi connectivity index (χ1) is 5.75. The van der Waals surface area contributed by atoms with E-state index in [1.165, 1.54) is 6.42 Å². The van der Waals surface area contributed by atoms with Crippen molar-refractivity contribution in [3.05, 3.63) is 13.2 Å². The Bertz CT molecular complexity index is 121. The van der Waals surface area contributed by atoms with Crippen LogP contribution in [0, 0.1) is 0 Å². The van der Waals surface area contributed by atoms with Crippen LogP contribution in [0.1, 0.15) is 26.2 Å². The van der Waals surface area contributed by atoms with Crippen LogP contribution in [0.2, 0.25) is 0 Å². The Morgan fingerprint density at radius 2 is 2.08 bits per heavy atom. The molecule has 0 bridgehead atoms. The summed E-state index contributed by atoms with van der Waals surface area (Å²) in [5.74, 6) is 0. The molecule has 1 N–H and O–H groups in total. The van der Waals surface area contributed by atoms with E-state index >= 15 is 0 Å². The van der Waals surface area contributed by atoms with Gasteiger partial charge in [-0.25, -0.2) is 0 Å². The minimum Gasteiger partial charge on any atom is -0.394 e. The molecule has 12 heavy (non-hydrogen) atoms. The van der Waals surface area contributed by atoms with Gasteiger partial charge in [0.25, 0.3) is 0 Å². The van der Waals surface area contributed by atoms with Crippen LogP contribution >= 0.6 is 0 Å². The molecule has 1 atom stereocenters. The number of rotatable bonds is 2. The summed E-state index contributed by atoms with van der Waals surface area (Å²) >= 11 is 0. The Morgan fingerprint density at radius 1 is 1.50 bits per heavy atom. The van der Waals surface area contributed by atoms with Crippen molar-refractivity contribution in [2.24, 2.45) is 0 Å². The summed E-state index contributed by atoms with van der Waals surface area (Å²) < 4.78 is 0. The lowest BCUT2D eigenvalue weighted by Gasteiger charge is -2.33. The molecule has 1 aliphatic rings. The fraction of sp³-hybridized carbons (Fsp3) is 0.800. The highest BCUT2D eigenvalue weighted by molar-refractivity contribution is 4.92. The number of aliphatic hydroxyl groups excluding tert-OH is 1. The molecule has 2 heteroatoms. The Kier molecular flexibility index (Phi) is 5.18. The third-order valence-corrected chi connectivity index (χ3v) is 2.90. The molecule has 1 aliphatic heterocycles. The predicted octanol–water partition coefficient (Wildman–Crippen LogP) is 1.66. The van der Waals surface area contributed by atoms with Crippen molar-refractivity contribution in [2.75, 3.05) is 20.2 Å². The molecule has 0 spiro atoms. The summed E-state index contributed by atoms with van der Waals surface area (Å²) in [6.45, 7) is 9.62. The number of nitrogens with zero attached hydrogens (tertiary/aromatic N) is 1. The molecule has 0 aromatic carbocycles. The SMILES string of the molecule is C=C.CCC1(CO)CCCN1C. The van der Waals surface area contributed by atoms with E-state index in [-0.39, 0.29) is 5.54 Å². The fourth-order valence-electron chi connectivity index (χ4n) is 1.83. The lowest BCUT2D eigenvalue weighted by Crippen LogP contribution is -2.43. The van der Waals surface area contributed by atoms with Gasteiger partial charge in [0, 0.05) is 5.54 Å². The van der Waals surface area contributed by atoms with E-state index in [4.69, 9.17) is 5.11 Å². The summed E-state index contributed by atoms with van der Waals surface area (Å²) in [4.78, 5) is 2.28. The van der Waals surface area contributed by atoms with E-state index in [0.29, 0.717) is 6.61 Å². The van der Waals surface area contributed by atoms with Crippen LogP contribution in [-0.4, -0.2) is 35.7 Å². The van der Waals surface area contributed by atoms with Gasteiger partial charge in [-0.2, -0.15) is 0 Å². The largest absolute Gasteiger partial charge is 0.394 e. The number of aliphatic hydroxyl groups is 1. The number of hydrogen-bond donors (Lipinski definition) is 1. The molecule has 1 heterocycles. The van der Waals surface area contributed by atoms with E-state index in [9.17, 15) is 0 Å². The Labute approximate surface area is 75.9 Å². The van der Waals surface area contributed by atoms with Crippen molar-refractivity contribution in [1.29, 1.82) is 0 Å². The van der Waals surface area contributed by atoms with Gasteiger partial charge in [0.2, 0.25) is 0 Å². The Hall–Kier alpha value is -0.340. The van der Waals surface area contributed by atoms with Gasteiger partial charge in [-0.05, 0) is 32.9 Å². The lowest BCUT2D eigenvalue weighted by atomic mass is 9.94. The molecule has 1 rings (SSSR count). The van der Waals surface area contributed by atoms with Gasteiger partial charge in [-0.1, -0.05) is 6.92 Å². The van der Waals surface area contributed by atoms with Crippen molar-refractivity contribution in [1.82, 2.24) is 4.90 Å². The molecule has 0 radical (unpaired) electrons. The predicted molar refractivity (Wildman–Crippen MR) is 53.2 cm³/mol. The maximum absolute atomic E-state index is 9.15. The van der Waals surface area contributed by atoms with Crippen molar-refractivity contribution < 1.29 is 5.11 Å². The first-order valence-electron chi connectivity index (χ1n) is 4.57. The van der Waals surface area contributed by atoms with Gasteiger partial charge in [-0.15, -0.1) is 13.2 Å². The van der Waals surface area contributed by atoms with E-state index in [0.717, 1.165) is 19.4 Å². The summed E-state index contributed by atoms with van der Waals surface area (Å²) in [6.07, 6.45) is 3.47. The molecule has 0 aromatic rings. The van der Waals surface area contributed by atoms with Crippen LogP contribution in [0.3, 0.4) is 0 Å². The number of hydrogen-bond acceptors (Lipinski definition) is 2. The van der Waals surface area contributed by atoms with Crippen molar-refractivity contribution >= 4 is 0 Å². The lowest BCUT2D eigenvalue weighted by molar-refractivity contribution is 0.0804. The zero-order chi connectivity index (χ0) is 9.61. The topological polar surface area (TPSA) is 23.5 Å². The molecule has 0 amide bonds. The Balaban J connectivity index is 0.000000561. The monoisotopic (exact) mass is 171 g/mol. The zero-order valence-corrected chi connectivity index (χ0v) is 8.34. The van der Waals surface area contributed by atoms with Crippen LogP contribution in [0.5, 0.6) is 0 Å². The minimum atomic E-state index is 0.125. The maximum atomic E-state index is 9.15. The van der Waals surface area contributed by atoms with E-state index in [2.05, 4.69) is 32.0 Å². The van der Waals surface area contributed by atoms with E-state index in [1.807, 2.05) is 0 Å². The Morgan fingerprint density at radius 3 is 2.25 bits per heavy atom. The molecule has 0 saturated carbocycles. The molecule has 1 fully saturated rings. The van der Waals surface area contributed by atoms with Gasteiger partial charge >= 0.3 is 0 Å². The maximum Gasteiger partial charge on any atom is 0.0615 e. The molecular formula is C10H21NO. The van der Waals surface area contributed by atoms with E-state index < -0.39 is 0 Å². The highest BCUT2D eigenvalue weighted by Gasteiger charge is 2.35. The first-order valence-corrected chi connectivity index (χ1v) is 4.57. The van der Waals surface area contributed by atoms with Crippen LogP contribution in [0.25, 0.3) is 0 Å². The smallest absolute Gasteiger partial charge is 0.0615 e. The summed E-state index contributed by atoms with van der Waals surface area (Å²) in [5, 5.41) is 9.15. The molecule has 72 valence electrons. The second kappa shape index (κ2) is 5.33. The number of likely N-dealkylation sites (tertiary alicyclic amines) is 1. The van der Waals surface area contributed by atoms with Gasteiger partial charge in [0.05, 0.1) is 6.61 Å². The standard InChI is InChI=1S/C8H17NO.C2H4/c1-3-8(7-10)5-4-6-9(8)2;1-2/h10H,3-7H2,1-2H3;1-2H2. The normalized spacial score (nSPS) is 29.6. The second-order valence-electron chi connectivity index (χ2n) is 3.26. The zero-order valence-electron chi connectivity index (χ0n) is 8.34. The van der Waals surface area contributed by atoms with Crippen molar-refractivity contribution in [2.45, 2.75) is 31.7 Å². The molecule has 1 saturated heterocycles. The summed E-state index contributed by atoms with van der Waals surface area (Å²) in [6, 6.07) is 0. The van der Waals surface area contributed by atoms with Crippen LogP contribution in [-0.2, 0) is 0 Å². The third kappa shape index (κ3) is 2.08. The summed E-state index contributed by atoms with van der Waals surface area (Å²) in [5.41, 5.74) is 0.125. The van der Waals surface area contributed by atoms with Crippen molar-refractivity contribution in [3.8, 4) is 0 Å². The second-order valence-corrected chi connectivity index (χ2v) is 3.26. The fourth-order valence-corrected chi connectivity index (χ4v) is 1.83. The minimum absolute atomic E-state index is 0.125. The van der Waals surface area contributed by atoms with Crippen LogP contribution in [0.4, 0.5) is 0 Å². The quantitative estimate of drug-likeness (QED) is 0.639. The average Bonchev–Trinajstić information content (AvgIpc) is 2.51. The first kappa shape index (κ1) is 11.7. The van der Waals surface area contributed by atoms with E-state index in [1.54, 1.807) is 0 Å². The third-order valence-electron chi connectivity index (χ3n) is 2.90. The molecule has 2 nitrogen and oxygen atoms in total. The van der Waals surface area contributed by atoms with Gasteiger partial charge < -0.3 is 5.11 Å². The molecule has 0 aromatic heterocycles. The highest BCUT2D eigenvalue weighted by Crippen LogP contribution is 2.29. The van der Waals surface area contributed by atoms with Crippen LogP contribution < -0.4 is 0 Å². The van der Waals surface area contributed by atoms with Gasteiger partial charge in [0.1, 0.15) is 0 Å². The average molecular weight is 171 g/mol. The van der Waals surface area contributed by atoms with Crippen molar-refractivity contribution in [3.63, 3.8) is 0 Å². The van der Waals surface area contributed by atoms with Gasteiger partial charge in [-0.3, -0.25) is 4.90 Å². The van der Waals surface area contributed by atoms with Crippen LogP contribution in [0.15, 0.2) is 13.2 Å².